The average Bonchev–Trinajstić information content (AvgIpc) is 2.23. The second kappa shape index (κ2) is 4.43. The summed E-state index contributed by atoms with van der Waals surface area (Å²) in [6.07, 6.45) is 0. The van der Waals surface area contributed by atoms with Crippen LogP contribution in [0, 0.1) is 6.92 Å². The topological polar surface area (TPSA) is 145 Å². The van der Waals surface area contributed by atoms with Crippen molar-refractivity contribution in [3.8, 4) is 0 Å². The molecule has 16 heavy (non-hydrogen) atoms. The minimum atomic E-state index is -0.573. The third-order valence-electron chi connectivity index (χ3n) is 1.83. The highest BCUT2D eigenvalue weighted by Gasteiger charge is 2.15. The predicted octanol–water partition coefficient (Wildman–Crippen LogP) is -1.38. The summed E-state index contributed by atoms with van der Waals surface area (Å²) in [6.45, 7) is 1.62. The van der Waals surface area contributed by atoms with Crippen LogP contribution in [-0.4, -0.2) is 28.9 Å². The third kappa shape index (κ3) is 2.35. The lowest BCUT2D eigenvalue weighted by molar-refractivity contribution is 0.0972. The second-order valence-corrected chi connectivity index (χ2v) is 2.99. The molecule has 0 radical (unpaired) electrons. The molecule has 0 aliphatic carbocycles. The molecule has 0 aliphatic heterocycles. The maximum atomic E-state index is 11.6. The van der Waals surface area contributed by atoms with Crippen LogP contribution in [0.3, 0.4) is 0 Å². The van der Waals surface area contributed by atoms with E-state index in [4.69, 9.17) is 17.2 Å². The van der Waals surface area contributed by atoms with Gasteiger partial charge in [0.25, 0.3) is 5.91 Å². The van der Waals surface area contributed by atoms with Crippen molar-refractivity contribution in [2.24, 2.45) is 10.7 Å². The van der Waals surface area contributed by atoms with Crippen LogP contribution in [-0.2, 0) is 0 Å². The number of carbonyl (C=O) groups excluding carboxylic acids is 1. The first kappa shape index (κ1) is 11.7. The van der Waals surface area contributed by atoms with Gasteiger partial charge in [-0.2, -0.15) is 0 Å². The normalized spacial score (nSPS) is 11.2. The van der Waals surface area contributed by atoms with Crippen molar-refractivity contribution in [2.75, 3.05) is 18.5 Å². The van der Waals surface area contributed by atoms with E-state index in [1.807, 2.05) is 0 Å². The van der Waals surface area contributed by atoms with Gasteiger partial charge in [-0.3, -0.25) is 15.1 Å². The first-order valence-corrected chi connectivity index (χ1v) is 4.39. The summed E-state index contributed by atoms with van der Waals surface area (Å²) in [4.78, 5) is 22.9. The molecule has 8 nitrogen and oxygen atoms in total. The smallest absolute Gasteiger partial charge is 0.280 e. The molecular formula is C8H13N7O. The van der Waals surface area contributed by atoms with Gasteiger partial charge < -0.3 is 17.2 Å². The number of nitrogens with zero attached hydrogens (tertiary/aromatic N) is 3. The molecule has 86 valence electrons. The number of nitrogen functional groups attached to an aromatic ring is 2. The van der Waals surface area contributed by atoms with Gasteiger partial charge in [-0.05, 0) is 6.92 Å². The molecule has 0 saturated heterocycles. The highest BCUT2D eigenvalue weighted by molar-refractivity contribution is 6.06. The second-order valence-electron chi connectivity index (χ2n) is 2.99. The average molecular weight is 223 g/mol. The molecule has 0 atom stereocenters. The van der Waals surface area contributed by atoms with Crippen molar-refractivity contribution in [1.82, 2.24) is 15.3 Å². The van der Waals surface area contributed by atoms with Crippen LogP contribution >= 0.6 is 0 Å². The summed E-state index contributed by atoms with van der Waals surface area (Å²) in [7, 11) is 1.44. The Kier molecular flexibility index (Phi) is 3.24. The fourth-order valence-corrected chi connectivity index (χ4v) is 0.944. The molecular weight excluding hydrogens is 210 g/mol. The first-order valence-electron chi connectivity index (χ1n) is 4.39. The fraction of sp³-hybridized carbons (Fsp3) is 0.250. The van der Waals surface area contributed by atoms with E-state index in [1.54, 1.807) is 6.92 Å². The number of carbonyl (C=O) groups is 1. The summed E-state index contributed by atoms with van der Waals surface area (Å²) in [5, 5.41) is 2.30. The van der Waals surface area contributed by atoms with Gasteiger partial charge >= 0.3 is 0 Å². The Balaban J connectivity index is 3.05. The molecule has 0 aliphatic rings. The van der Waals surface area contributed by atoms with Crippen molar-refractivity contribution < 1.29 is 4.79 Å². The number of aryl methyl sites for hydroxylation is 1. The highest BCUT2D eigenvalue weighted by atomic mass is 16.2. The number of rotatable bonds is 1. The van der Waals surface area contributed by atoms with Crippen LogP contribution in [0.5, 0.6) is 0 Å². The first-order chi connectivity index (χ1) is 7.45. The van der Waals surface area contributed by atoms with Gasteiger partial charge in [-0.1, -0.05) is 0 Å². The monoisotopic (exact) mass is 223 g/mol. The standard InChI is InChI=1S/C8H13N7O/c1-3-5(9)14-6(10)4(13-3)7(16)15-8(11)12-2/h1-2H3,(H4,9,10,14)(H3,11,12,15,16). The minimum Gasteiger partial charge on any atom is -0.382 e. The zero-order chi connectivity index (χ0) is 12.3. The Morgan fingerprint density at radius 1 is 1.31 bits per heavy atom. The number of hydrogen-bond acceptors (Lipinski definition) is 6. The molecule has 0 unspecified atom stereocenters. The van der Waals surface area contributed by atoms with Crippen LogP contribution < -0.4 is 22.5 Å². The Morgan fingerprint density at radius 3 is 2.50 bits per heavy atom. The largest absolute Gasteiger partial charge is 0.382 e. The summed E-state index contributed by atoms with van der Waals surface area (Å²) < 4.78 is 0. The van der Waals surface area contributed by atoms with Gasteiger partial charge in [0.05, 0.1) is 5.69 Å². The molecule has 0 saturated carbocycles. The number of anilines is 2. The lowest BCUT2D eigenvalue weighted by Crippen LogP contribution is -2.37. The Morgan fingerprint density at radius 2 is 1.94 bits per heavy atom. The van der Waals surface area contributed by atoms with E-state index in [1.165, 1.54) is 7.05 Å². The zero-order valence-electron chi connectivity index (χ0n) is 8.98. The van der Waals surface area contributed by atoms with Crippen molar-refractivity contribution >= 4 is 23.5 Å². The van der Waals surface area contributed by atoms with Crippen molar-refractivity contribution in [2.45, 2.75) is 6.92 Å². The Bertz CT molecular complexity index is 454. The summed E-state index contributed by atoms with van der Waals surface area (Å²) >= 11 is 0. The van der Waals surface area contributed by atoms with Crippen LogP contribution in [0.4, 0.5) is 11.6 Å². The van der Waals surface area contributed by atoms with Crippen molar-refractivity contribution in [1.29, 1.82) is 0 Å². The molecule has 0 fully saturated rings. The number of nitrogens with one attached hydrogen (secondary N) is 1. The highest BCUT2D eigenvalue weighted by Crippen LogP contribution is 2.11. The molecule has 1 aromatic rings. The molecule has 1 aromatic heterocycles. The molecule has 0 spiro atoms. The van der Waals surface area contributed by atoms with Gasteiger partial charge in [0.15, 0.2) is 17.5 Å². The quantitative estimate of drug-likeness (QED) is 0.341. The summed E-state index contributed by atoms with van der Waals surface area (Å²) in [5.41, 5.74) is 16.7. The van der Waals surface area contributed by atoms with E-state index in [2.05, 4.69) is 20.3 Å². The van der Waals surface area contributed by atoms with E-state index in [0.29, 0.717) is 5.69 Å². The van der Waals surface area contributed by atoms with E-state index in [9.17, 15) is 4.79 Å². The van der Waals surface area contributed by atoms with Crippen molar-refractivity contribution in [3.05, 3.63) is 11.4 Å². The molecule has 0 bridgehead atoms. The number of guanidine groups is 1. The SMILES string of the molecule is CN=C(N)NC(=O)c1nc(C)c(N)nc1N. The maximum absolute atomic E-state index is 11.6. The van der Waals surface area contributed by atoms with Gasteiger partial charge in [0.1, 0.15) is 5.82 Å². The fourth-order valence-electron chi connectivity index (χ4n) is 0.944. The maximum Gasteiger partial charge on any atom is 0.280 e. The zero-order valence-corrected chi connectivity index (χ0v) is 8.98. The molecule has 1 heterocycles. The summed E-state index contributed by atoms with van der Waals surface area (Å²) in [5.74, 6) is -0.465. The van der Waals surface area contributed by atoms with Gasteiger partial charge in [0, 0.05) is 7.05 Å². The Labute approximate surface area is 92.0 Å². The van der Waals surface area contributed by atoms with Gasteiger partial charge in [-0.15, -0.1) is 0 Å². The molecule has 1 rings (SSSR count). The molecule has 8 heteroatoms. The minimum absolute atomic E-state index is 0.0271. The van der Waals surface area contributed by atoms with E-state index in [-0.39, 0.29) is 23.3 Å². The molecule has 0 aromatic carbocycles. The van der Waals surface area contributed by atoms with E-state index in [0.717, 1.165) is 0 Å². The Hall–Kier alpha value is -2.38. The molecule has 1 amide bonds. The van der Waals surface area contributed by atoms with Crippen LogP contribution in [0.1, 0.15) is 16.2 Å². The van der Waals surface area contributed by atoms with Crippen LogP contribution in [0.25, 0.3) is 0 Å². The summed E-state index contributed by atoms with van der Waals surface area (Å²) in [6, 6.07) is 0. The van der Waals surface area contributed by atoms with E-state index < -0.39 is 5.91 Å². The lowest BCUT2D eigenvalue weighted by Gasteiger charge is -2.07. The van der Waals surface area contributed by atoms with Crippen LogP contribution in [0.2, 0.25) is 0 Å². The lowest BCUT2D eigenvalue weighted by atomic mass is 10.3. The number of amides is 1. The predicted molar refractivity (Wildman–Crippen MR) is 60.6 cm³/mol. The number of aromatic nitrogens is 2. The van der Waals surface area contributed by atoms with Crippen LogP contribution in [0.15, 0.2) is 4.99 Å². The molecule has 7 N–H and O–H groups in total. The van der Waals surface area contributed by atoms with Gasteiger partial charge in [-0.25, -0.2) is 9.97 Å². The third-order valence-corrected chi connectivity index (χ3v) is 1.83. The number of hydrogen-bond donors (Lipinski definition) is 4. The van der Waals surface area contributed by atoms with Crippen molar-refractivity contribution in [3.63, 3.8) is 0 Å². The number of aliphatic imine (C=N–C) groups is 1. The number of nitrogens with two attached hydrogens (primary N) is 3. The van der Waals surface area contributed by atoms with Gasteiger partial charge in [0.2, 0.25) is 0 Å². The van der Waals surface area contributed by atoms with E-state index >= 15 is 0 Å².